The Morgan fingerprint density at radius 3 is 2.39 bits per heavy atom. The number of alkyl halides is 2. The lowest BCUT2D eigenvalue weighted by atomic mass is 9.79. The smallest absolute Gasteiger partial charge is 0.286 e. The fourth-order valence-corrected chi connectivity index (χ4v) is 2.63. The van der Waals surface area contributed by atoms with Crippen molar-refractivity contribution in [3.05, 3.63) is 35.9 Å². The van der Waals surface area contributed by atoms with Crippen molar-refractivity contribution in [1.29, 1.82) is 0 Å². The summed E-state index contributed by atoms with van der Waals surface area (Å²) in [6.45, 7) is 3.95. The minimum absolute atomic E-state index is 0.382. The van der Waals surface area contributed by atoms with Gasteiger partial charge in [-0.3, -0.25) is 4.90 Å². The number of aliphatic hydroxyl groups excluding tert-OH is 1. The first-order valence-corrected chi connectivity index (χ1v) is 6.13. The van der Waals surface area contributed by atoms with Crippen molar-refractivity contribution in [2.45, 2.75) is 32.4 Å². The van der Waals surface area contributed by atoms with Crippen molar-refractivity contribution in [2.24, 2.45) is 5.41 Å². The van der Waals surface area contributed by atoms with Crippen molar-refractivity contribution in [3.63, 3.8) is 0 Å². The van der Waals surface area contributed by atoms with E-state index in [0.717, 1.165) is 5.56 Å². The summed E-state index contributed by atoms with van der Waals surface area (Å²) < 4.78 is 27.5. The first-order valence-electron chi connectivity index (χ1n) is 6.13. The number of halogens is 2. The second-order valence-corrected chi connectivity index (χ2v) is 5.78. The van der Waals surface area contributed by atoms with Gasteiger partial charge in [-0.05, 0) is 5.56 Å². The Balaban J connectivity index is 2.12. The standard InChI is InChI=1S/C14H19F2NO/c1-13(2)9-17(10-14(15,16)12(13)18)8-11-6-4-3-5-7-11/h3-7,12,18H,8-10H2,1-2H3. The van der Waals surface area contributed by atoms with E-state index >= 15 is 0 Å². The highest BCUT2D eigenvalue weighted by Gasteiger charge is 2.52. The second-order valence-electron chi connectivity index (χ2n) is 5.78. The average Bonchev–Trinajstić information content (AvgIpc) is 2.26. The van der Waals surface area contributed by atoms with E-state index in [9.17, 15) is 13.9 Å². The normalized spacial score (nSPS) is 27.1. The summed E-state index contributed by atoms with van der Waals surface area (Å²) in [7, 11) is 0. The van der Waals surface area contributed by atoms with E-state index in [1.165, 1.54) is 0 Å². The third-order valence-corrected chi connectivity index (χ3v) is 3.45. The Morgan fingerprint density at radius 1 is 1.22 bits per heavy atom. The number of hydrogen-bond acceptors (Lipinski definition) is 2. The predicted octanol–water partition coefficient (Wildman–Crippen LogP) is 2.52. The van der Waals surface area contributed by atoms with Crippen LogP contribution in [0.15, 0.2) is 30.3 Å². The van der Waals surface area contributed by atoms with Gasteiger partial charge in [0.2, 0.25) is 0 Å². The van der Waals surface area contributed by atoms with Crippen LogP contribution in [0.1, 0.15) is 19.4 Å². The molecule has 0 aromatic heterocycles. The monoisotopic (exact) mass is 255 g/mol. The molecule has 1 saturated heterocycles. The van der Waals surface area contributed by atoms with E-state index in [-0.39, 0.29) is 6.54 Å². The van der Waals surface area contributed by atoms with Gasteiger partial charge in [0, 0.05) is 18.5 Å². The molecule has 1 aromatic carbocycles. The molecule has 1 unspecified atom stereocenters. The first kappa shape index (κ1) is 13.4. The average molecular weight is 255 g/mol. The number of likely N-dealkylation sites (tertiary alicyclic amines) is 1. The van der Waals surface area contributed by atoms with E-state index in [1.807, 2.05) is 30.3 Å². The summed E-state index contributed by atoms with van der Waals surface area (Å²) in [5, 5.41) is 9.67. The molecule has 0 bridgehead atoms. The van der Waals surface area contributed by atoms with Gasteiger partial charge < -0.3 is 5.11 Å². The molecule has 1 heterocycles. The molecule has 0 aliphatic carbocycles. The topological polar surface area (TPSA) is 23.5 Å². The number of hydrogen-bond donors (Lipinski definition) is 1. The molecule has 18 heavy (non-hydrogen) atoms. The Labute approximate surface area is 106 Å². The van der Waals surface area contributed by atoms with Crippen LogP contribution in [-0.4, -0.2) is 35.1 Å². The molecular formula is C14H19F2NO. The van der Waals surface area contributed by atoms with E-state index in [1.54, 1.807) is 18.7 Å². The summed E-state index contributed by atoms with van der Waals surface area (Å²) in [4.78, 5) is 1.71. The number of rotatable bonds is 2. The van der Waals surface area contributed by atoms with Crippen LogP contribution >= 0.6 is 0 Å². The SMILES string of the molecule is CC1(C)CN(Cc2ccccc2)CC(F)(F)C1O. The maximum atomic E-state index is 13.8. The maximum absolute atomic E-state index is 13.8. The number of nitrogens with zero attached hydrogens (tertiary/aromatic N) is 1. The highest BCUT2D eigenvalue weighted by atomic mass is 19.3. The highest BCUT2D eigenvalue weighted by Crippen LogP contribution is 2.38. The zero-order chi connectivity index (χ0) is 13.4. The zero-order valence-corrected chi connectivity index (χ0v) is 10.7. The molecule has 1 atom stereocenters. The van der Waals surface area contributed by atoms with E-state index in [2.05, 4.69) is 0 Å². The molecule has 1 N–H and O–H groups in total. The van der Waals surface area contributed by atoms with Crippen molar-refractivity contribution in [3.8, 4) is 0 Å². The van der Waals surface area contributed by atoms with Gasteiger partial charge in [-0.15, -0.1) is 0 Å². The Morgan fingerprint density at radius 2 is 1.83 bits per heavy atom. The van der Waals surface area contributed by atoms with Gasteiger partial charge in [-0.25, -0.2) is 8.78 Å². The number of aliphatic hydroxyl groups is 1. The molecule has 2 rings (SSSR count). The lowest BCUT2D eigenvalue weighted by molar-refractivity contribution is -0.200. The minimum Gasteiger partial charge on any atom is -0.386 e. The highest BCUT2D eigenvalue weighted by molar-refractivity contribution is 5.15. The van der Waals surface area contributed by atoms with Gasteiger partial charge in [-0.2, -0.15) is 0 Å². The Kier molecular flexibility index (Phi) is 3.43. The largest absolute Gasteiger partial charge is 0.386 e. The predicted molar refractivity (Wildman–Crippen MR) is 66.5 cm³/mol. The molecule has 1 fully saturated rings. The number of piperidine rings is 1. The first-order chi connectivity index (χ1) is 8.31. The third kappa shape index (κ3) is 2.70. The van der Waals surface area contributed by atoms with Gasteiger partial charge in [0.15, 0.2) is 0 Å². The van der Waals surface area contributed by atoms with Crippen LogP contribution in [0.3, 0.4) is 0 Å². The van der Waals surface area contributed by atoms with Gasteiger partial charge in [0.1, 0.15) is 6.10 Å². The molecule has 1 aliphatic heterocycles. The van der Waals surface area contributed by atoms with Crippen LogP contribution < -0.4 is 0 Å². The lowest BCUT2D eigenvalue weighted by Gasteiger charge is -2.46. The Hall–Kier alpha value is -1.00. The summed E-state index contributed by atoms with van der Waals surface area (Å²) in [6, 6.07) is 9.56. The maximum Gasteiger partial charge on any atom is 0.286 e. The minimum atomic E-state index is -3.05. The quantitative estimate of drug-likeness (QED) is 0.877. The Bertz CT molecular complexity index is 388. The summed E-state index contributed by atoms with van der Waals surface area (Å²) >= 11 is 0. The third-order valence-electron chi connectivity index (χ3n) is 3.45. The molecule has 4 heteroatoms. The van der Waals surface area contributed by atoms with Crippen molar-refractivity contribution < 1.29 is 13.9 Å². The molecule has 2 nitrogen and oxygen atoms in total. The van der Waals surface area contributed by atoms with E-state index in [0.29, 0.717) is 13.1 Å². The van der Waals surface area contributed by atoms with Crippen LogP contribution in [0.25, 0.3) is 0 Å². The van der Waals surface area contributed by atoms with Crippen molar-refractivity contribution in [1.82, 2.24) is 4.90 Å². The summed E-state index contributed by atoms with van der Waals surface area (Å²) in [5.74, 6) is -3.05. The molecule has 0 spiro atoms. The fourth-order valence-electron chi connectivity index (χ4n) is 2.63. The molecule has 0 saturated carbocycles. The van der Waals surface area contributed by atoms with Gasteiger partial charge in [-0.1, -0.05) is 44.2 Å². The number of benzene rings is 1. The molecule has 0 amide bonds. The van der Waals surface area contributed by atoms with E-state index < -0.39 is 17.4 Å². The van der Waals surface area contributed by atoms with Gasteiger partial charge in [0.05, 0.1) is 6.54 Å². The van der Waals surface area contributed by atoms with Crippen LogP contribution in [0.2, 0.25) is 0 Å². The van der Waals surface area contributed by atoms with E-state index in [4.69, 9.17) is 0 Å². The van der Waals surface area contributed by atoms with Gasteiger partial charge in [0.25, 0.3) is 5.92 Å². The summed E-state index contributed by atoms with van der Waals surface area (Å²) in [6.07, 6.45) is -1.57. The van der Waals surface area contributed by atoms with Crippen LogP contribution in [0.4, 0.5) is 8.78 Å². The molecule has 100 valence electrons. The van der Waals surface area contributed by atoms with Crippen molar-refractivity contribution in [2.75, 3.05) is 13.1 Å². The molecule has 1 aliphatic rings. The molecule has 1 aromatic rings. The zero-order valence-electron chi connectivity index (χ0n) is 10.7. The van der Waals surface area contributed by atoms with Crippen molar-refractivity contribution >= 4 is 0 Å². The molecular weight excluding hydrogens is 236 g/mol. The van der Waals surface area contributed by atoms with Gasteiger partial charge >= 0.3 is 0 Å². The van der Waals surface area contributed by atoms with Crippen LogP contribution in [0.5, 0.6) is 0 Å². The lowest BCUT2D eigenvalue weighted by Crippen LogP contribution is -2.60. The fraction of sp³-hybridized carbons (Fsp3) is 0.571. The summed E-state index contributed by atoms with van der Waals surface area (Å²) in [5.41, 5.74) is 0.219. The van der Waals surface area contributed by atoms with Crippen LogP contribution in [-0.2, 0) is 6.54 Å². The van der Waals surface area contributed by atoms with Crippen LogP contribution in [0, 0.1) is 5.41 Å². The molecule has 0 radical (unpaired) electrons. The second kappa shape index (κ2) is 4.59.